The number of amides is 1. The van der Waals surface area contributed by atoms with Gasteiger partial charge in [0.1, 0.15) is 0 Å². The number of pyridine rings is 1. The zero-order valence-electron chi connectivity index (χ0n) is 18.6. The van der Waals surface area contributed by atoms with Crippen molar-refractivity contribution in [3.8, 4) is 22.5 Å². The van der Waals surface area contributed by atoms with Crippen molar-refractivity contribution in [2.75, 3.05) is 33.2 Å². The minimum Gasteiger partial charge on any atom is -0.336 e. The number of piperazine rings is 1. The summed E-state index contributed by atoms with van der Waals surface area (Å²) in [7, 11) is 2.07. The summed E-state index contributed by atoms with van der Waals surface area (Å²) in [6.07, 6.45) is 1.86. The third-order valence-electron chi connectivity index (χ3n) is 6.16. The van der Waals surface area contributed by atoms with Crippen LogP contribution in [0, 0.1) is 6.92 Å². The Morgan fingerprint density at radius 1 is 0.909 bits per heavy atom. The predicted molar refractivity (Wildman–Crippen MR) is 134 cm³/mol. The average Bonchev–Trinajstić information content (AvgIpc) is 3.20. The Morgan fingerprint density at radius 2 is 1.55 bits per heavy atom. The van der Waals surface area contributed by atoms with Crippen LogP contribution in [-0.2, 0) is 0 Å². The van der Waals surface area contributed by atoms with Crippen molar-refractivity contribution >= 4 is 34.8 Å². The van der Waals surface area contributed by atoms with E-state index in [2.05, 4.69) is 43.1 Å². The smallest absolute Gasteiger partial charge is 0.255 e. The molecule has 0 bridgehead atoms. The lowest BCUT2D eigenvalue weighted by atomic mass is 10.0. The second-order valence-corrected chi connectivity index (χ2v) is 9.39. The maximum Gasteiger partial charge on any atom is 0.255 e. The van der Waals surface area contributed by atoms with Crippen LogP contribution in [-0.4, -0.2) is 58.3 Å². The Balaban J connectivity index is 1.69. The molecule has 1 aliphatic rings. The van der Waals surface area contributed by atoms with Gasteiger partial charge in [-0.25, -0.2) is 4.98 Å². The summed E-state index contributed by atoms with van der Waals surface area (Å²) in [6.45, 7) is 5.19. The molecule has 0 aliphatic carbocycles. The van der Waals surface area contributed by atoms with E-state index in [0.29, 0.717) is 34.3 Å². The van der Waals surface area contributed by atoms with E-state index in [0.717, 1.165) is 35.6 Å². The molecule has 1 aliphatic heterocycles. The Labute approximate surface area is 203 Å². The van der Waals surface area contributed by atoms with Gasteiger partial charge in [0.05, 0.1) is 22.0 Å². The summed E-state index contributed by atoms with van der Waals surface area (Å²) in [5.41, 5.74) is 5.96. The van der Waals surface area contributed by atoms with Crippen molar-refractivity contribution in [1.29, 1.82) is 0 Å². The highest BCUT2D eigenvalue weighted by Gasteiger charge is 2.24. The molecule has 3 heterocycles. The molecule has 1 fully saturated rings. The molecule has 5 rings (SSSR count). The number of carbonyl (C=O) groups excluding carboxylic acids is 1. The number of fused-ring (bicyclic) bond motifs is 1. The second-order valence-electron chi connectivity index (χ2n) is 8.55. The molecule has 168 valence electrons. The molecule has 1 saturated heterocycles. The van der Waals surface area contributed by atoms with E-state index in [-0.39, 0.29) is 5.91 Å². The summed E-state index contributed by atoms with van der Waals surface area (Å²) in [5, 5.41) is 1.11. The van der Waals surface area contributed by atoms with Gasteiger partial charge in [-0.2, -0.15) is 0 Å². The average molecular weight is 479 g/mol. The molecule has 0 N–H and O–H groups in total. The van der Waals surface area contributed by atoms with Crippen molar-refractivity contribution < 1.29 is 4.79 Å². The van der Waals surface area contributed by atoms with E-state index in [1.165, 1.54) is 5.56 Å². The van der Waals surface area contributed by atoms with Gasteiger partial charge in [0.2, 0.25) is 0 Å². The van der Waals surface area contributed by atoms with Crippen LogP contribution >= 0.6 is 23.2 Å². The zero-order valence-corrected chi connectivity index (χ0v) is 20.1. The molecule has 5 nitrogen and oxygen atoms in total. The molecule has 2 aromatic heterocycles. The summed E-state index contributed by atoms with van der Waals surface area (Å²) in [5.74, 6) is -0.0106. The van der Waals surface area contributed by atoms with E-state index in [1.54, 1.807) is 6.07 Å². The molecule has 1 amide bonds. The fourth-order valence-electron chi connectivity index (χ4n) is 4.21. The topological polar surface area (TPSA) is 40.9 Å². The SMILES string of the molecule is Cc1ccc(-c2c(-c3ccc(Cl)cc3)nc3c(Cl)cc(C(=O)N4CCN(C)CC4)cn23)cc1. The Kier molecular flexibility index (Phi) is 5.87. The molecular weight excluding hydrogens is 455 g/mol. The first-order chi connectivity index (χ1) is 15.9. The number of hydrogen-bond donors (Lipinski definition) is 0. The monoisotopic (exact) mass is 478 g/mol. The van der Waals surface area contributed by atoms with Crippen molar-refractivity contribution in [1.82, 2.24) is 19.2 Å². The number of rotatable bonds is 3. The summed E-state index contributed by atoms with van der Waals surface area (Å²) < 4.78 is 1.94. The quantitative estimate of drug-likeness (QED) is 0.380. The number of aromatic nitrogens is 2. The van der Waals surface area contributed by atoms with E-state index < -0.39 is 0 Å². The number of benzene rings is 2. The van der Waals surface area contributed by atoms with Crippen LogP contribution in [0.15, 0.2) is 60.8 Å². The third-order valence-corrected chi connectivity index (χ3v) is 6.69. The first-order valence-electron chi connectivity index (χ1n) is 10.9. The van der Waals surface area contributed by atoms with Crippen LogP contribution in [0.25, 0.3) is 28.2 Å². The molecule has 0 spiro atoms. The molecule has 33 heavy (non-hydrogen) atoms. The van der Waals surface area contributed by atoms with Crippen LogP contribution < -0.4 is 0 Å². The lowest BCUT2D eigenvalue weighted by Gasteiger charge is -2.32. The molecule has 2 aromatic carbocycles. The highest BCUT2D eigenvalue weighted by atomic mass is 35.5. The molecular formula is C26H24Cl2N4O. The van der Waals surface area contributed by atoms with Gasteiger partial charge in [0.15, 0.2) is 5.65 Å². The molecule has 0 unspecified atom stereocenters. The van der Waals surface area contributed by atoms with Crippen LogP contribution in [0.4, 0.5) is 0 Å². The van der Waals surface area contributed by atoms with Gasteiger partial charge in [0, 0.05) is 48.5 Å². The van der Waals surface area contributed by atoms with Crippen LogP contribution in [0.5, 0.6) is 0 Å². The minimum atomic E-state index is -0.0106. The molecule has 0 saturated carbocycles. The molecule has 0 radical (unpaired) electrons. The minimum absolute atomic E-state index is 0.0106. The Hall–Kier alpha value is -2.86. The van der Waals surface area contributed by atoms with Gasteiger partial charge in [0.25, 0.3) is 5.91 Å². The van der Waals surface area contributed by atoms with Crippen molar-refractivity contribution in [3.63, 3.8) is 0 Å². The Morgan fingerprint density at radius 3 is 2.21 bits per heavy atom. The molecule has 0 atom stereocenters. The van der Waals surface area contributed by atoms with Crippen molar-refractivity contribution in [3.05, 3.63) is 82.0 Å². The molecule has 7 heteroatoms. The standard InChI is InChI=1S/C26H24Cl2N4O/c1-17-3-5-19(6-4-17)24-23(18-7-9-21(27)10-8-18)29-25-22(28)15-20(16-32(24)25)26(33)31-13-11-30(2)12-14-31/h3-10,15-16H,11-14H2,1-2H3. The molecule has 4 aromatic rings. The zero-order chi connectivity index (χ0) is 23.1. The number of hydrogen-bond acceptors (Lipinski definition) is 3. The van der Waals surface area contributed by atoms with E-state index in [9.17, 15) is 4.79 Å². The van der Waals surface area contributed by atoms with E-state index in [4.69, 9.17) is 28.2 Å². The largest absolute Gasteiger partial charge is 0.336 e. The van der Waals surface area contributed by atoms with Crippen LogP contribution in [0.3, 0.4) is 0 Å². The van der Waals surface area contributed by atoms with Crippen molar-refractivity contribution in [2.45, 2.75) is 6.92 Å². The highest BCUT2D eigenvalue weighted by molar-refractivity contribution is 6.34. The van der Waals surface area contributed by atoms with Gasteiger partial charge < -0.3 is 9.80 Å². The van der Waals surface area contributed by atoms with Crippen LogP contribution in [0.1, 0.15) is 15.9 Å². The number of likely N-dealkylation sites (N-methyl/N-ethyl adjacent to an activating group) is 1. The normalized spacial score (nSPS) is 14.7. The summed E-state index contributed by atoms with van der Waals surface area (Å²) in [4.78, 5) is 22.3. The van der Waals surface area contributed by atoms with Gasteiger partial charge >= 0.3 is 0 Å². The number of nitrogens with zero attached hydrogens (tertiary/aromatic N) is 4. The van der Waals surface area contributed by atoms with E-state index >= 15 is 0 Å². The highest BCUT2D eigenvalue weighted by Crippen LogP contribution is 2.36. The maximum atomic E-state index is 13.3. The number of carbonyl (C=O) groups is 1. The maximum absolute atomic E-state index is 13.3. The number of imidazole rings is 1. The summed E-state index contributed by atoms with van der Waals surface area (Å²) >= 11 is 12.8. The van der Waals surface area contributed by atoms with Gasteiger partial charge in [-0.15, -0.1) is 0 Å². The lowest BCUT2D eigenvalue weighted by molar-refractivity contribution is 0.0663. The van der Waals surface area contributed by atoms with Gasteiger partial charge in [-0.1, -0.05) is 65.2 Å². The van der Waals surface area contributed by atoms with E-state index in [1.807, 2.05) is 39.8 Å². The van der Waals surface area contributed by atoms with Gasteiger partial charge in [-0.3, -0.25) is 9.20 Å². The fraction of sp³-hybridized carbons (Fsp3) is 0.231. The number of halogens is 2. The first kappa shape index (κ1) is 22.0. The number of aryl methyl sites for hydroxylation is 1. The van der Waals surface area contributed by atoms with Gasteiger partial charge in [-0.05, 0) is 32.2 Å². The summed E-state index contributed by atoms with van der Waals surface area (Å²) in [6, 6.07) is 17.6. The lowest BCUT2D eigenvalue weighted by Crippen LogP contribution is -2.47. The second kappa shape index (κ2) is 8.82. The first-order valence-corrected chi connectivity index (χ1v) is 11.7. The van der Waals surface area contributed by atoms with Crippen LogP contribution in [0.2, 0.25) is 10.0 Å². The third kappa shape index (κ3) is 4.24. The fourth-order valence-corrected chi connectivity index (χ4v) is 4.59. The predicted octanol–water partition coefficient (Wildman–Crippen LogP) is 5.67. The van der Waals surface area contributed by atoms with Crippen molar-refractivity contribution in [2.24, 2.45) is 0 Å². The Bertz CT molecular complexity index is 1320.